The molecule has 1 atom stereocenters. The number of hydrogen-bond donors (Lipinski definition) is 1. The molecule has 0 saturated heterocycles. The SMILES string of the molecule is CCC(CCC(C)C)Nc1ccccc1. The van der Waals surface area contributed by atoms with Crippen LogP contribution in [0.4, 0.5) is 5.69 Å². The lowest BCUT2D eigenvalue weighted by atomic mass is 10.0. The van der Waals surface area contributed by atoms with Gasteiger partial charge < -0.3 is 5.32 Å². The van der Waals surface area contributed by atoms with Crippen LogP contribution in [0.2, 0.25) is 0 Å². The molecule has 1 unspecified atom stereocenters. The van der Waals surface area contributed by atoms with Crippen molar-refractivity contribution in [3.63, 3.8) is 0 Å². The summed E-state index contributed by atoms with van der Waals surface area (Å²) in [5, 5.41) is 3.58. The van der Waals surface area contributed by atoms with Crippen molar-refractivity contribution in [1.82, 2.24) is 0 Å². The lowest BCUT2D eigenvalue weighted by molar-refractivity contribution is 0.506. The van der Waals surface area contributed by atoms with E-state index >= 15 is 0 Å². The van der Waals surface area contributed by atoms with E-state index in [9.17, 15) is 0 Å². The van der Waals surface area contributed by atoms with Crippen LogP contribution in [-0.4, -0.2) is 6.04 Å². The number of para-hydroxylation sites is 1. The predicted molar refractivity (Wildman–Crippen MR) is 68.2 cm³/mol. The van der Waals surface area contributed by atoms with Gasteiger partial charge in [-0.1, -0.05) is 39.0 Å². The Morgan fingerprint density at radius 2 is 1.73 bits per heavy atom. The summed E-state index contributed by atoms with van der Waals surface area (Å²) in [4.78, 5) is 0. The molecule has 0 radical (unpaired) electrons. The van der Waals surface area contributed by atoms with Crippen LogP contribution in [0.25, 0.3) is 0 Å². The van der Waals surface area contributed by atoms with E-state index in [1.165, 1.54) is 24.9 Å². The third-order valence-electron chi connectivity index (χ3n) is 2.73. The van der Waals surface area contributed by atoms with Crippen molar-refractivity contribution in [2.24, 2.45) is 5.92 Å². The van der Waals surface area contributed by atoms with E-state index in [1.807, 2.05) is 0 Å². The highest BCUT2D eigenvalue weighted by molar-refractivity contribution is 5.43. The Morgan fingerprint density at radius 1 is 1.07 bits per heavy atom. The first-order chi connectivity index (χ1) is 7.22. The van der Waals surface area contributed by atoms with Crippen LogP contribution >= 0.6 is 0 Å². The van der Waals surface area contributed by atoms with Crippen LogP contribution in [0, 0.1) is 5.92 Å². The van der Waals surface area contributed by atoms with E-state index in [0.717, 1.165) is 5.92 Å². The highest BCUT2D eigenvalue weighted by Gasteiger charge is 2.06. The third kappa shape index (κ3) is 4.87. The zero-order chi connectivity index (χ0) is 11.1. The molecule has 0 saturated carbocycles. The fourth-order valence-electron chi connectivity index (χ4n) is 1.68. The Kier molecular flexibility index (Phi) is 5.23. The molecule has 1 aromatic carbocycles. The summed E-state index contributed by atoms with van der Waals surface area (Å²) in [5.74, 6) is 0.802. The van der Waals surface area contributed by atoms with Gasteiger partial charge in [-0.15, -0.1) is 0 Å². The summed E-state index contributed by atoms with van der Waals surface area (Å²) in [6.07, 6.45) is 3.77. The van der Waals surface area contributed by atoms with E-state index in [4.69, 9.17) is 0 Å². The van der Waals surface area contributed by atoms with Gasteiger partial charge in [-0.05, 0) is 37.3 Å². The van der Waals surface area contributed by atoms with Gasteiger partial charge in [0, 0.05) is 11.7 Å². The first kappa shape index (κ1) is 12.1. The maximum atomic E-state index is 3.58. The molecule has 0 aliphatic carbocycles. The molecule has 0 amide bonds. The molecule has 0 aliphatic rings. The van der Waals surface area contributed by atoms with Crippen LogP contribution in [0.5, 0.6) is 0 Å². The van der Waals surface area contributed by atoms with Crippen molar-refractivity contribution in [3.8, 4) is 0 Å². The average Bonchev–Trinajstić information content (AvgIpc) is 2.25. The van der Waals surface area contributed by atoms with Gasteiger partial charge in [0.05, 0.1) is 0 Å². The predicted octanol–water partition coefficient (Wildman–Crippen LogP) is 4.31. The maximum absolute atomic E-state index is 3.58. The molecule has 0 aromatic heterocycles. The summed E-state index contributed by atoms with van der Waals surface area (Å²) < 4.78 is 0. The van der Waals surface area contributed by atoms with Crippen LogP contribution in [0.15, 0.2) is 30.3 Å². The molecule has 1 heteroatoms. The summed E-state index contributed by atoms with van der Waals surface area (Å²) in [5.41, 5.74) is 1.24. The number of benzene rings is 1. The average molecular weight is 205 g/mol. The molecule has 1 nitrogen and oxygen atoms in total. The molecule has 1 aromatic rings. The molecule has 0 spiro atoms. The van der Waals surface area contributed by atoms with Crippen molar-refractivity contribution >= 4 is 5.69 Å². The van der Waals surface area contributed by atoms with E-state index < -0.39 is 0 Å². The van der Waals surface area contributed by atoms with Crippen LogP contribution in [0.1, 0.15) is 40.0 Å². The Balaban J connectivity index is 2.40. The minimum Gasteiger partial charge on any atom is -0.382 e. The molecule has 1 N–H and O–H groups in total. The molecule has 15 heavy (non-hydrogen) atoms. The van der Waals surface area contributed by atoms with E-state index in [1.54, 1.807) is 0 Å². The van der Waals surface area contributed by atoms with Crippen molar-refractivity contribution in [2.45, 2.75) is 46.1 Å². The Labute approximate surface area is 93.9 Å². The number of rotatable bonds is 6. The van der Waals surface area contributed by atoms with Gasteiger partial charge in [-0.2, -0.15) is 0 Å². The maximum Gasteiger partial charge on any atom is 0.0342 e. The van der Waals surface area contributed by atoms with Crippen molar-refractivity contribution in [3.05, 3.63) is 30.3 Å². The number of hydrogen-bond acceptors (Lipinski definition) is 1. The molecule has 0 bridgehead atoms. The second-order valence-corrected chi connectivity index (χ2v) is 4.59. The normalized spacial score (nSPS) is 12.8. The number of anilines is 1. The Morgan fingerprint density at radius 3 is 2.27 bits per heavy atom. The second kappa shape index (κ2) is 6.49. The van der Waals surface area contributed by atoms with Crippen molar-refractivity contribution in [2.75, 3.05) is 5.32 Å². The number of nitrogens with one attached hydrogen (secondary N) is 1. The highest BCUT2D eigenvalue weighted by atomic mass is 14.9. The topological polar surface area (TPSA) is 12.0 Å². The van der Waals surface area contributed by atoms with Gasteiger partial charge in [-0.25, -0.2) is 0 Å². The fraction of sp³-hybridized carbons (Fsp3) is 0.571. The molecular formula is C14H23N. The van der Waals surface area contributed by atoms with Crippen LogP contribution < -0.4 is 5.32 Å². The molecule has 0 heterocycles. The standard InChI is InChI=1S/C14H23N/c1-4-13(11-10-12(2)3)15-14-8-6-5-7-9-14/h5-9,12-13,15H,4,10-11H2,1-3H3. The molecule has 1 rings (SSSR count). The quantitative estimate of drug-likeness (QED) is 0.729. The van der Waals surface area contributed by atoms with Gasteiger partial charge in [0.15, 0.2) is 0 Å². The Hall–Kier alpha value is -0.980. The second-order valence-electron chi connectivity index (χ2n) is 4.59. The van der Waals surface area contributed by atoms with Gasteiger partial charge >= 0.3 is 0 Å². The fourth-order valence-corrected chi connectivity index (χ4v) is 1.68. The summed E-state index contributed by atoms with van der Waals surface area (Å²) in [6.45, 7) is 6.82. The molecular weight excluding hydrogens is 182 g/mol. The lowest BCUT2D eigenvalue weighted by Crippen LogP contribution is -2.18. The molecule has 0 aliphatic heterocycles. The van der Waals surface area contributed by atoms with E-state index in [-0.39, 0.29) is 0 Å². The zero-order valence-electron chi connectivity index (χ0n) is 10.2. The smallest absolute Gasteiger partial charge is 0.0342 e. The molecule has 0 fully saturated rings. The van der Waals surface area contributed by atoms with E-state index in [2.05, 4.69) is 56.4 Å². The van der Waals surface area contributed by atoms with Gasteiger partial charge in [0.1, 0.15) is 0 Å². The lowest BCUT2D eigenvalue weighted by Gasteiger charge is -2.19. The molecule has 84 valence electrons. The summed E-state index contributed by atoms with van der Waals surface area (Å²) in [6, 6.07) is 11.1. The highest BCUT2D eigenvalue weighted by Crippen LogP contribution is 2.14. The monoisotopic (exact) mass is 205 g/mol. The summed E-state index contributed by atoms with van der Waals surface area (Å²) >= 11 is 0. The van der Waals surface area contributed by atoms with Crippen LogP contribution in [0.3, 0.4) is 0 Å². The van der Waals surface area contributed by atoms with Crippen LogP contribution in [-0.2, 0) is 0 Å². The van der Waals surface area contributed by atoms with Gasteiger partial charge in [0.2, 0.25) is 0 Å². The largest absolute Gasteiger partial charge is 0.382 e. The minimum absolute atomic E-state index is 0.620. The minimum atomic E-state index is 0.620. The zero-order valence-corrected chi connectivity index (χ0v) is 10.2. The first-order valence-corrected chi connectivity index (χ1v) is 6.04. The van der Waals surface area contributed by atoms with Gasteiger partial charge in [0.25, 0.3) is 0 Å². The van der Waals surface area contributed by atoms with Gasteiger partial charge in [-0.3, -0.25) is 0 Å². The van der Waals surface area contributed by atoms with Crippen molar-refractivity contribution in [1.29, 1.82) is 0 Å². The first-order valence-electron chi connectivity index (χ1n) is 6.04. The van der Waals surface area contributed by atoms with E-state index in [0.29, 0.717) is 6.04 Å². The third-order valence-corrected chi connectivity index (χ3v) is 2.73. The Bertz CT molecular complexity index is 253. The van der Waals surface area contributed by atoms with Crippen molar-refractivity contribution < 1.29 is 0 Å². The summed E-state index contributed by atoms with van der Waals surface area (Å²) in [7, 11) is 0.